The molecule has 0 bridgehead atoms. The van der Waals surface area contributed by atoms with Crippen molar-refractivity contribution in [3.8, 4) is 11.1 Å². The number of carbonyl (C=O) groups excluding carboxylic acids is 1. The van der Waals surface area contributed by atoms with Gasteiger partial charge in [0.1, 0.15) is 0 Å². The molecule has 208 valence electrons. The summed E-state index contributed by atoms with van der Waals surface area (Å²) in [6.45, 7) is 8.06. The standard InChI is InChI=1S/C32H47N3O3/c1-24(18-25-12-8-6-9-13-25)30(37)34-17-16-32(38,31(2,3)22-34)23-35-21-27(20-33(4)5)28(19-29(35)36)26-14-10-7-11-15-26/h7,10-11,14-15,19,21,24-25,38H,6,8-9,12-13,16-18,20,22-23H2,1-5H3/t24-,32+/m1/s1. The molecule has 1 aliphatic carbocycles. The van der Waals surface area contributed by atoms with E-state index in [1.54, 1.807) is 10.6 Å². The van der Waals surface area contributed by atoms with E-state index in [4.69, 9.17) is 0 Å². The molecule has 0 unspecified atom stereocenters. The molecule has 1 aromatic carbocycles. The Labute approximate surface area is 228 Å². The zero-order valence-corrected chi connectivity index (χ0v) is 24.1. The summed E-state index contributed by atoms with van der Waals surface area (Å²) in [5, 5.41) is 11.9. The van der Waals surface area contributed by atoms with Crippen LogP contribution in [0.25, 0.3) is 11.1 Å². The Hall–Kier alpha value is -2.44. The highest BCUT2D eigenvalue weighted by atomic mass is 16.3. The lowest BCUT2D eigenvalue weighted by molar-refractivity contribution is -0.157. The first-order valence-electron chi connectivity index (χ1n) is 14.4. The third kappa shape index (κ3) is 6.40. The fourth-order valence-corrected chi connectivity index (χ4v) is 6.56. The fraction of sp³-hybridized carbons (Fsp3) is 0.625. The predicted octanol–water partition coefficient (Wildman–Crippen LogP) is 5.17. The number of benzene rings is 1. The van der Waals surface area contributed by atoms with Crippen LogP contribution < -0.4 is 5.56 Å². The van der Waals surface area contributed by atoms with Crippen molar-refractivity contribution in [2.45, 2.75) is 84.4 Å². The van der Waals surface area contributed by atoms with Crippen molar-refractivity contribution in [2.24, 2.45) is 17.3 Å². The molecule has 1 N–H and O–H groups in total. The van der Waals surface area contributed by atoms with Crippen LogP contribution in [0.1, 0.15) is 71.3 Å². The number of aliphatic hydroxyl groups is 1. The predicted molar refractivity (Wildman–Crippen MR) is 154 cm³/mol. The first-order chi connectivity index (χ1) is 18.0. The normalized spacial score (nSPS) is 23.0. The molecule has 1 saturated carbocycles. The van der Waals surface area contributed by atoms with E-state index in [0.717, 1.165) is 23.1 Å². The maximum Gasteiger partial charge on any atom is 0.251 e. The van der Waals surface area contributed by atoms with Crippen LogP contribution in [0.3, 0.4) is 0 Å². The van der Waals surface area contributed by atoms with E-state index in [2.05, 4.69) is 11.8 Å². The third-order valence-electron chi connectivity index (χ3n) is 9.00. The van der Waals surface area contributed by atoms with Crippen LogP contribution in [0.5, 0.6) is 0 Å². The number of hydrogen-bond acceptors (Lipinski definition) is 4. The Kier molecular flexibility index (Phi) is 8.83. The highest BCUT2D eigenvalue weighted by molar-refractivity contribution is 5.78. The van der Waals surface area contributed by atoms with E-state index in [0.29, 0.717) is 32.0 Å². The Balaban J connectivity index is 1.51. The average molecular weight is 522 g/mol. The third-order valence-corrected chi connectivity index (χ3v) is 9.00. The number of pyridine rings is 1. The van der Waals surface area contributed by atoms with Crippen molar-refractivity contribution in [1.29, 1.82) is 0 Å². The number of nitrogens with zero attached hydrogens (tertiary/aromatic N) is 3. The van der Waals surface area contributed by atoms with Gasteiger partial charge in [-0.25, -0.2) is 0 Å². The van der Waals surface area contributed by atoms with E-state index >= 15 is 0 Å². The van der Waals surface area contributed by atoms with Crippen molar-refractivity contribution in [1.82, 2.24) is 14.4 Å². The molecule has 38 heavy (non-hydrogen) atoms. The smallest absolute Gasteiger partial charge is 0.251 e. The number of rotatable bonds is 8. The number of likely N-dealkylation sites (tertiary alicyclic amines) is 1. The van der Waals surface area contributed by atoms with Gasteiger partial charge in [0.25, 0.3) is 5.56 Å². The van der Waals surface area contributed by atoms with Crippen LogP contribution in [-0.2, 0) is 17.9 Å². The molecule has 1 aromatic heterocycles. The van der Waals surface area contributed by atoms with E-state index in [1.165, 1.54) is 32.1 Å². The molecule has 2 fully saturated rings. The largest absolute Gasteiger partial charge is 0.387 e. The molecular formula is C32H47N3O3. The molecule has 6 heteroatoms. The lowest BCUT2D eigenvalue weighted by Crippen LogP contribution is -2.61. The first-order valence-corrected chi connectivity index (χ1v) is 14.4. The highest BCUT2D eigenvalue weighted by Gasteiger charge is 2.49. The van der Waals surface area contributed by atoms with Crippen molar-refractivity contribution in [3.05, 3.63) is 58.5 Å². The van der Waals surface area contributed by atoms with Gasteiger partial charge in [-0.2, -0.15) is 0 Å². The summed E-state index contributed by atoms with van der Waals surface area (Å²) in [6.07, 6.45) is 9.74. The number of carbonyl (C=O) groups is 1. The number of aromatic nitrogens is 1. The summed E-state index contributed by atoms with van der Waals surface area (Å²) in [6, 6.07) is 11.7. The van der Waals surface area contributed by atoms with Gasteiger partial charge in [-0.15, -0.1) is 0 Å². The Bertz CT molecular complexity index is 1150. The van der Waals surface area contributed by atoms with Gasteiger partial charge in [-0.05, 0) is 49.5 Å². The van der Waals surface area contributed by atoms with Gasteiger partial charge in [0.2, 0.25) is 5.91 Å². The van der Waals surface area contributed by atoms with E-state index < -0.39 is 11.0 Å². The molecule has 1 amide bonds. The quantitative estimate of drug-likeness (QED) is 0.520. The molecular weight excluding hydrogens is 474 g/mol. The monoisotopic (exact) mass is 521 g/mol. The fourth-order valence-electron chi connectivity index (χ4n) is 6.56. The van der Waals surface area contributed by atoms with Gasteiger partial charge < -0.3 is 19.5 Å². The van der Waals surface area contributed by atoms with Crippen LogP contribution >= 0.6 is 0 Å². The highest BCUT2D eigenvalue weighted by Crippen LogP contribution is 2.41. The van der Waals surface area contributed by atoms with Gasteiger partial charge in [-0.1, -0.05) is 83.2 Å². The number of hydrogen-bond donors (Lipinski definition) is 1. The second-order valence-electron chi connectivity index (χ2n) is 12.8. The first kappa shape index (κ1) is 28.6. The zero-order chi connectivity index (χ0) is 27.5. The molecule has 2 heterocycles. The average Bonchev–Trinajstić information content (AvgIpc) is 2.88. The minimum absolute atomic E-state index is 0.0156. The summed E-state index contributed by atoms with van der Waals surface area (Å²) in [5.74, 6) is 0.893. The maximum atomic E-state index is 13.4. The molecule has 2 aliphatic rings. The summed E-state index contributed by atoms with van der Waals surface area (Å²) >= 11 is 0. The minimum atomic E-state index is -1.09. The van der Waals surface area contributed by atoms with Crippen molar-refractivity contribution >= 4 is 5.91 Å². The summed E-state index contributed by atoms with van der Waals surface area (Å²) < 4.78 is 1.68. The summed E-state index contributed by atoms with van der Waals surface area (Å²) in [7, 11) is 4.03. The van der Waals surface area contributed by atoms with Gasteiger partial charge >= 0.3 is 0 Å². The van der Waals surface area contributed by atoms with Gasteiger partial charge in [0, 0.05) is 43.2 Å². The molecule has 0 radical (unpaired) electrons. The zero-order valence-electron chi connectivity index (χ0n) is 24.1. The number of piperidine rings is 1. The molecule has 1 aliphatic heterocycles. The van der Waals surface area contributed by atoms with Crippen LogP contribution in [0.4, 0.5) is 0 Å². The summed E-state index contributed by atoms with van der Waals surface area (Å²) in [5.41, 5.74) is 1.23. The SMILES string of the molecule is C[C@H](CC1CCCCC1)C(=O)N1CC[C@](O)(Cn2cc(CN(C)C)c(-c3ccccc3)cc2=O)C(C)(C)C1. The van der Waals surface area contributed by atoms with E-state index in [1.807, 2.05) is 69.4 Å². The maximum absolute atomic E-state index is 13.4. The molecule has 2 atom stereocenters. The summed E-state index contributed by atoms with van der Waals surface area (Å²) in [4.78, 5) is 30.7. The molecule has 2 aromatic rings. The van der Waals surface area contributed by atoms with E-state index in [-0.39, 0.29) is 23.9 Å². The number of amides is 1. The second-order valence-corrected chi connectivity index (χ2v) is 12.8. The van der Waals surface area contributed by atoms with Crippen molar-refractivity contribution in [2.75, 3.05) is 27.2 Å². The lowest BCUT2D eigenvalue weighted by atomic mass is 9.69. The Morgan fingerprint density at radius 3 is 2.45 bits per heavy atom. The second kappa shape index (κ2) is 11.7. The van der Waals surface area contributed by atoms with Gasteiger partial charge in [-0.3, -0.25) is 9.59 Å². The van der Waals surface area contributed by atoms with Crippen molar-refractivity contribution in [3.63, 3.8) is 0 Å². The Morgan fingerprint density at radius 2 is 1.82 bits per heavy atom. The van der Waals surface area contributed by atoms with Crippen LogP contribution in [-0.4, -0.2) is 58.2 Å². The van der Waals surface area contributed by atoms with Gasteiger partial charge in [0.15, 0.2) is 0 Å². The molecule has 1 saturated heterocycles. The van der Waals surface area contributed by atoms with Crippen LogP contribution in [0, 0.1) is 17.3 Å². The van der Waals surface area contributed by atoms with Gasteiger partial charge in [0.05, 0.1) is 12.1 Å². The minimum Gasteiger partial charge on any atom is -0.387 e. The molecule has 6 nitrogen and oxygen atoms in total. The molecule has 0 spiro atoms. The van der Waals surface area contributed by atoms with E-state index in [9.17, 15) is 14.7 Å². The van der Waals surface area contributed by atoms with Crippen LogP contribution in [0.2, 0.25) is 0 Å². The Morgan fingerprint density at radius 1 is 1.13 bits per heavy atom. The topological polar surface area (TPSA) is 65.8 Å². The lowest BCUT2D eigenvalue weighted by Gasteiger charge is -2.51. The van der Waals surface area contributed by atoms with Crippen molar-refractivity contribution < 1.29 is 9.90 Å². The molecule has 4 rings (SSSR count). The van der Waals surface area contributed by atoms with Crippen LogP contribution in [0.15, 0.2) is 47.4 Å².